The van der Waals surface area contributed by atoms with Crippen LogP contribution in [0.4, 0.5) is 8.78 Å². The van der Waals surface area contributed by atoms with E-state index in [4.69, 9.17) is 0 Å². The first-order valence-electron chi connectivity index (χ1n) is 6.12. The molecule has 0 radical (unpaired) electrons. The van der Waals surface area contributed by atoms with Crippen LogP contribution in [0.2, 0.25) is 0 Å². The number of amides is 1. The average Bonchev–Trinajstić information content (AvgIpc) is 2.30. The van der Waals surface area contributed by atoms with Gasteiger partial charge in [-0.25, -0.2) is 8.78 Å². The topological polar surface area (TPSA) is 49.3 Å². The number of carbonyl (C=O) groups excluding carboxylic acids is 1. The second-order valence-corrected chi connectivity index (χ2v) is 5.59. The predicted octanol–water partition coefficient (Wildman–Crippen LogP) is 2.76. The Bertz CT molecular complexity index is 473. The van der Waals surface area contributed by atoms with Gasteiger partial charge < -0.3 is 10.4 Å². The summed E-state index contributed by atoms with van der Waals surface area (Å²) in [5, 5.41) is 12.2. The standard InChI is InChI=1S/C13H14BrF2NO2/c14-7-5-8(15)12(9(16)6-7)13(19)17-10-3-1-2-4-11(10)18/h5-6,10-11,18H,1-4H2,(H,17,19). The average molecular weight is 334 g/mol. The fraction of sp³-hybridized carbons (Fsp3) is 0.462. The van der Waals surface area contributed by atoms with E-state index in [1.54, 1.807) is 0 Å². The molecule has 104 valence electrons. The molecule has 1 fully saturated rings. The van der Waals surface area contributed by atoms with E-state index in [2.05, 4.69) is 21.2 Å². The molecular weight excluding hydrogens is 320 g/mol. The first-order chi connectivity index (χ1) is 8.99. The van der Waals surface area contributed by atoms with Crippen LogP contribution in [0.5, 0.6) is 0 Å². The summed E-state index contributed by atoms with van der Waals surface area (Å²) in [4.78, 5) is 11.9. The molecule has 19 heavy (non-hydrogen) atoms. The van der Waals surface area contributed by atoms with Crippen molar-refractivity contribution in [1.29, 1.82) is 0 Å². The molecule has 2 unspecified atom stereocenters. The molecule has 1 aromatic rings. The van der Waals surface area contributed by atoms with Crippen LogP contribution in [0, 0.1) is 11.6 Å². The Hall–Kier alpha value is -1.01. The number of aliphatic hydroxyl groups is 1. The van der Waals surface area contributed by atoms with Crippen molar-refractivity contribution in [3.8, 4) is 0 Å². The third-order valence-corrected chi connectivity index (χ3v) is 3.74. The minimum atomic E-state index is -0.922. The van der Waals surface area contributed by atoms with Crippen LogP contribution < -0.4 is 5.32 Å². The van der Waals surface area contributed by atoms with Gasteiger partial charge in [0.15, 0.2) is 0 Å². The number of aliphatic hydroxyl groups excluding tert-OH is 1. The van der Waals surface area contributed by atoms with Gasteiger partial charge in [0.2, 0.25) is 0 Å². The minimum absolute atomic E-state index is 0.233. The molecule has 0 saturated heterocycles. The molecule has 2 atom stereocenters. The van der Waals surface area contributed by atoms with Crippen molar-refractivity contribution < 1.29 is 18.7 Å². The zero-order chi connectivity index (χ0) is 14.0. The van der Waals surface area contributed by atoms with Gasteiger partial charge in [-0.2, -0.15) is 0 Å². The Morgan fingerprint density at radius 2 is 1.84 bits per heavy atom. The summed E-state index contributed by atoms with van der Waals surface area (Å²) in [5.41, 5.74) is -0.610. The van der Waals surface area contributed by atoms with Gasteiger partial charge in [-0.1, -0.05) is 28.8 Å². The number of rotatable bonds is 2. The molecule has 1 saturated carbocycles. The Labute approximate surface area is 118 Å². The van der Waals surface area contributed by atoms with E-state index < -0.39 is 35.3 Å². The fourth-order valence-corrected chi connectivity index (χ4v) is 2.68. The van der Waals surface area contributed by atoms with Gasteiger partial charge in [-0.3, -0.25) is 4.79 Å². The summed E-state index contributed by atoms with van der Waals surface area (Å²) >= 11 is 2.95. The normalized spacial score (nSPS) is 23.2. The molecule has 0 bridgehead atoms. The van der Waals surface area contributed by atoms with E-state index in [1.165, 1.54) is 0 Å². The lowest BCUT2D eigenvalue weighted by atomic mass is 9.92. The second kappa shape index (κ2) is 5.96. The lowest BCUT2D eigenvalue weighted by Crippen LogP contribution is -2.45. The molecule has 1 aliphatic carbocycles. The van der Waals surface area contributed by atoms with Crippen LogP contribution in [0.25, 0.3) is 0 Å². The van der Waals surface area contributed by atoms with Gasteiger partial charge in [0.05, 0.1) is 12.1 Å². The molecule has 2 N–H and O–H groups in total. The third kappa shape index (κ3) is 3.30. The number of nitrogens with one attached hydrogen (secondary N) is 1. The molecule has 0 spiro atoms. The molecule has 1 amide bonds. The molecule has 1 aliphatic rings. The van der Waals surface area contributed by atoms with E-state index in [9.17, 15) is 18.7 Å². The fourth-order valence-electron chi connectivity index (χ4n) is 2.28. The highest BCUT2D eigenvalue weighted by Crippen LogP contribution is 2.22. The summed E-state index contributed by atoms with van der Waals surface area (Å²) in [6, 6.07) is 1.63. The smallest absolute Gasteiger partial charge is 0.257 e. The van der Waals surface area contributed by atoms with E-state index in [1.807, 2.05) is 0 Å². The second-order valence-electron chi connectivity index (χ2n) is 4.68. The third-order valence-electron chi connectivity index (χ3n) is 3.28. The number of halogens is 3. The predicted molar refractivity (Wildman–Crippen MR) is 69.8 cm³/mol. The van der Waals surface area contributed by atoms with Gasteiger partial charge in [-0.15, -0.1) is 0 Å². The number of carbonyl (C=O) groups is 1. The minimum Gasteiger partial charge on any atom is -0.391 e. The van der Waals surface area contributed by atoms with Crippen molar-refractivity contribution in [3.63, 3.8) is 0 Å². The summed E-state index contributed by atoms with van der Waals surface area (Å²) in [5.74, 6) is -2.67. The molecule has 0 heterocycles. The highest BCUT2D eigenvalue weighted by Gasteiger charge is 2.27. The maximum Gasteiger partial charge on any atom is 0.257 e. The molecule has 6 heteroatoms. The van der Waals surface area contributed by atoms with Gasteiger partial charge in [0.1, 0.15) is 17.2 Å². The highest BCUT2D eigenvalue weighted by molar-refractivity contribution is 9.10. The van der Waals surface area contributed by atoms with Gasteiger partial charge in [0.25, 0.3) is 5.91 Å². The lowest BCUT2D eigenvalue weighted by molar-refractivity contribution is 0.0711. The van der Waals surface area contributed by atoms with Crippen molar-refractivity contribution in [3.05, 3.63) is 33.8 Å². The maximum atomic E-state index is 13.6. The van der Waals surface area contributed by atoms with E-state index in [-0.39, 0.29) is 4.47 Å². The van der Waals surface area contributed by atoms with Gasteiger partial charge in [-0.05, 0) is 25.0 Å². The molecule has 0 aromatic heterocycles. The Morgan fingerprint density at radius 1 is 1.26 bits per heavy atom. The maximum absolute atomic E-state index is 13.6. The quantitative estimate of drug-likeness (QED) is 0.874. The van der Waals surface area contributed by atoms with Crippen molar-refractivity contribution >= 4 is 21.8 Å². The van der Waals surface area contributed by atoms with Gasteiger partial charge >= 0.3 is 0 Å². The Balaban J connectivity index is 2.16. The van der Waals surface area contributed by atoms with Crippen molar-refractivity contribution in [2.24, 2.45) is 0 Å². The largest absolute Gasteiger partial charge is 0.391 e. The summed E-state index contributed by atoms with van der Waals surface area (Å²) < 4.78 is 27.5. The summed E-state index contributed by atoms with van der Waals surface area (Å²) in [6.07, 6.45) is 2.34. The monoisotopic (exact) mass is 333 g/mol. The first-order valence-corrected chi connectivity index (χ1v) is 6.92. The van der Waals surface area contributed by atoms with Gasteiger partial charge in [0, 0.05) is 4.47 Å². The van der Waals surface area contributed by atoms with Crippen molar-refractivity contribution in [1.82, 2.24) is 5.32 Å². The van der Waals surface area contributed by atoms with Crippen LogP contribution in [-0.4, -0.2) is 23.2 Å². The van der Waals surface area contributed by atoms with Crippen LogP contribution in [0.3, 0.4) is 0 Å². The van der Waals surface area contributed by atoms with E-state index in [0.717, 1.165) is 25.0 Å². The molecular formula is C13H14BrF2NO2. The highest BCUT2D eigenvalue weighted by atomic mass is 79.9. The van der Waals surface area contributed by atoms with Crippen molar-refractivity contribution in [2.75, 3.05) is 0 Å². The molecule has 2 rings (SSSR count). The lowest BCUT2D eigenvalue weighted by Gasteiger charge is -2.28. The molecule has 3 nitrogen and oxygen atoms in total. The Kier molecular flexibility index (Phi) is 4.52. The zero-order valence-corrected chi connectivity index (χ0v) is 11.7. The van der Waals surface area contributed by atoms with Crippen LogP contribution >= 0.6 is 15.9 Å². The van der Waals surface area contributed by atoms with Crippen molar-refractivity contribution in [2.45, 2.75) is 37.8 Å². The van der Waals surface area contributed by atoms with E-state index >= 15 is 0 Å². The SMILES string of the molecule is O=C(NC1CCCCC1O)c1c(F)cc(Br)cc1F. The van der Waals surface area contributed by atoms with Crippen LogP contribution in [-0.2, 0) is 0 Å². The molecule has 1 aromatic carbocycles. The summed E-state index contributed by atoms with van der Waals surface area (Å²) in [6.45, 7) is 0. The summed E-state index contributed by atoms with van der Waals surface area (Å²) in [7, 11) is 0. The van der Waals surface area contributed by atoms with Crippen LogP contribution in [0.1, 0.15) is 36.0 Å². The Morgan fingerprint density at radius 3 is 2.42 bits per heavy atom. The number of hydrogen-bond donors (Lipinski definition) is 2. The van der Waals surface area contributed by atoms with E-state index in [0.29, 0.717) is 12.8 Å². The number of benzene rings is 1. The van der Waals surface area contributed by atoms with Crippen LogP contribution in [0.15, 0.2) is 16.6 Å². The first kappa shape index (κ1) is 14.4. The number of hydrogen-bond acceptors (Lipinski definition) is 2. The zero-order valence-electron chi connectivity index (χ0n) is 10.1. The molecule has 0 aliphatic heterocycles.